The summed E-state index contributed by atoms with van der Waals surface area (Å²) in [6.07, 6.45) is 2.12. The minimum atomic E-state index is -1.03. The van der Waals surface area contributed by atoms with E-state index in [1.807, 2.05) is 20.8 Å². The van der Waals surface area contributed by atoms with Crippen LogP contribution in [0.3, 0.4) is 0 Å². The van der Waals surface area contributed by atoms with Gasteiger partial charge in [-0.25, -0.2) is 4.79 Å². The van der Waals surface area contributed by atoms with E-state index in [2.05, 4.69) is 29.8 Å². The smallest absolute Gasteiger partial charge is 0.408 e. The number of nitrogens with zero attached hydrogens (tertiary/aromatic N) is 1. The lowest BCUT2D eigenvalue weighted by Gasteiger charge is -2.37. The van der Waals surface area contributed by atoms with E-state index >= 15 is 0 Å². The number of alkyl carbamates (subject to hydrolysis) is 1. The standard InChI is InChI=1S/C28H43N5O7/c1-26(2,3)20(31-25(38)40-15-6-9-39-13-15)24(37)33-12-16-18(27(16,4)5)19(33)23(36)30-17(21(29)34)10-14-11-28(7-8-28)32-22(14)35/h14-20H,6-13H2,1-5H3,(H2,29,34)(H,30,36)(H,31,38)(H,32,35)/t14-,15?,16+,17+,18+,19+,20-/m1/s1. The fraction of sp³-hybridized carbons (Fsp3) is 0.821. The van der Waals surface area contributed by atoms with Gasteiger partial charge in [0.1, 0.15) is 24.2 Å². The molecule has 0 radical (unpaired) electrons. The minimum absolute atomic E-state index is 0.0994. The second-order valence-corrected chi connectivity index (χ2v) is 14.1. The molecule has 3 heterocycles. The number of primary amides is 1. The first kappa shape index (κ1) is 28.6. The summed E-state index contributed by atoms with van der Waals surface area (Å²) < 4.78 is 10.7. The van der Waals surface area contributed by atoms with Gasteiger partial charge in [-0.15, -0.1) is 0 Å². The van der Waals surface area contributed by atoms with Gasteiger partial charge >= 0.3 is 6.09 Å². The lowest BCUT2D eigenvalue weighted by Crippen LogP contribution is -2.60. The molecule has 222 valence electrons. The molecule has 7 atom stereocenters. The molecular formula is C28H43N5O7. The third-order valence-electron chi connectivity index (χ3n) is 9.73. The van der Waals surface area contributed by atoms with Crippen molar-refractivity contribution in [3.8, 4) is 0 Å². The van der Waals surface area contributed by atoms with Gasteiger partial charge in [0.2, 0.25) is 23.6 Å². The Hall–Kier alpha value is -2.89. The second-order valence-electron chi connectivity index (χ2n) is 14.1. The first-order chi connectivity index (χ1) is 18.6. The van der Waals surface area contributed by atoms with Gasteiger partial charge in [0.25, 0.3) is 0 Å². The average Bonchev–Trinajstić information content (AvgIpc) is 3.38. The van der Waals surface area contributed by atoms with Crippen LogP contribution in [0.5, 0.6) is 0 Å². The van der Waals surface area contributed by atoms with Gasteiger partial charge in [-0.3, -0.25) is 19.2 Å². The molecule has 0 aromatic rings. The first-order valence-electron chi connectivity index (χ1n) is 14.4. The average molecular weight is 562 g/mol. The lowest BCUT2D eigenvalue weighted by atomic mass is 9.85. The molecule has 12 nitrogen and oxygen atoms in total. The number of likely N-dealkylation sites (tertiary alicyclic amines) is 1. The Bertz CT molecular complexity index is 1090. The molecule has 3 saturated heterocycles. The highest BCUT2D eigenvalue weighted by atomic mass is 16.6. The number of hydrogen-bond donors (Lipinski definition) is 4. The normalized spacial score (nSPS) is 32.6. The van der Waals surface area contributed by atoms with Crippen LogP contribution in [-0.4, -0.2) is 84.1 Å². The number of fused-ring (bicyclic) bond motifs is 1. The fourth-order valence-electron chi connectivity index (χ4n) is 6.97. The molecule has 2 saturated carbocycles. The van der Waals surface area contributed by atoms with Crippen LogP contribution in [0.2, 0.25) is 0 Å². The Balaban J connectivity index is 1.30. The minimum Gasteiger partial charge on any atom is -0.444 e. The summed E-state index contributed by atoms with van der Waals surface area (Å²) in [6, 6.07) is -2.80. The summed E-state index contributed by atoms with van der Waals surface area (Å²) >= 11 is 0. The third kappa shape index (κ3) is 5.38. The first-order valence-corrected chi connectivity index (χ1v) is 14.4. The predicted molar refractivity (Wildman–Crippen MR) is 142 cm³/mol. The van der Waals surface area contributed by atoms with Crippen molar-refractivity contribution in [1.29, 1.82) is 0 Å². The Kier molecular flexibility index (Phi) is 7.07. The highest BCUT2D eigenvalue weighted by Gasteiger charge is 2.70. The monoisotopic (exact) mass is 561 g/mol. The maximum Gasteiger partial charge on any atom is 0.408 e. The summed E-state index contributed by atoms with van der Waals surface area (Å²) in [6.45, 7) is 10.8. The summed E-state index contributed by atoms with van der Waals surface area (Å²) in [5.74, 6) is -2.07. The molecule has 1 spiro atoms. The Morgan fingerprint density at radius 2 is 1.90 bits per heavy atom. The van der Waals surface area contributed by atoms with Crippen molar-refractivity contribution in [2.24, 2.45) is 34.3 Å². The van der Waals surface area contributed by atoms with Crippen LogP contribution in [0.1, 0.15) is 66.7 Å². The van der Waals surface area contributed by atoms with E-state index in [0.29, 0.717) is 32.6 Å². The van der Waals surface area contributed by atoms with Crippen LogP contribution in [0.4, 0.5) is 4.79 Å². The summed E-state index contributed by atoms with van der Waals surface area (Å²) in [5.41, 5.74) is 4.69. The highest BCUT2D eigenvalue weighted by Crippen LogP contribution is 2.65. The van der Waals surface area contributed by atoms with Gasteiger partial charge in [0.15, 0.2) is 0 Å². The molecule has 5 fully saturated rings. The molecule has 12 heteroatoms. The summed E-state index contributed by atoms with van der Waals surface area (Å²) in [5, 5.41) is 8.53. The lowest BCUT2D eigenvalue weighted by molar-refractivity contribution is -0.144. The van der Waals surface area contributed by atoms with Gasteiger partial charge in [0, 0.05) is 24.4 Å². The van der Waals surface area contributed by atoms with Gasteiger partial charge in [-0.1, -0.05) is 34.6 Å². The third-order valence-corrected chi connectivity index (χ3v) is 9.73. The van der Waals surface area contributed by atoms with Gasteiger partial charge < -0.3 is 36.1 Å². The van der Waals surface area contributed by atoms with Crippen molar-refractivity contribution in [2.75, 3.05) is 19.8 Å². The van der Waals surface area contributed by atoms with Crippen molar-refractivity contribution in [3.63, 3.8) is 0 Å². The molecule has 5 rings (SSSR count). The highest BCUT2D eigenvalue weighted by molar-refractivity contribution is 5.95. The van der Waals surface area contributed by atoms with E-state index in [1.54, 1.807) is 0 Å². The van der Waals surface area contributed by atoms with Crippen molar-refractivity contribution < 1.29 is 33.4 Å². The quantitative estimate of drug-likeness (QED) is 0.333. The number of ether oxygens (including phenoxy) is 2. The molecule has 5 N–H and O–H groups in total. The summed E-state index contributed by atoms with van der Waals surface area (Å²) in [4.78, 5) is 66.9. The van der Waals surface area contributed by atoms with Crippen molar-refractivity contribution in [2.45, 2.75) is 96.5 Å². The van der Waals surface area contributed by atoms with E-state index in [1.165, 1.54) is 4.90 Å². The molecule has 1 unspecified atom stereocenters. The van der Waals surface area contributed by atoms with E-state index in [0.717, 1.165) is 12.8 Å². The number of carbonyl (C=O) groups excluding carboxylic acids is 5. The second kappa shape index (κ2) is 9.88. The molecule has 40 heavy (non-hydrogen) atoms. The number of nitrogens with two attached hydrogens (primary N) is 1. The number of nitrogens with one attached hydrogen (secondary N) is 3. The van der Waals surface area contributed by atoms with Crippen LogP contribution < -0.4 is 21.7 Å². The van der Waals surface area contributed by atoms with Crippen molar-refractivity contribution in [1.82, 2.24) is 20.9 Å². The van der Waals surface area contributed by atoms with Crippen molar-refractivity contribution in [3.05, 3.63) is 0 Å². The molecular weight excluding hydrogens is 518 g/mol. The zero-order valence-electron chi connectivity index (χ0n) is 24.1. The number of hydrogen-bond acceptors (Lipinski definition) is 7. The van der Waals surface area contributed by atoms with Gasteiger partial charge in [-0.2, -0.15) is 0 Å². The Morgan fingerprint density at radius 3 is 2.45 bits per heavy atom. The van der Waals surface area contributed by atoms with E-state index < -0.39 is 47.4 Å². The zero-order chi connectivity index (χ0) is 29.2. The molecule has 0 aromatic heterocycles. The number of amides is 5. The number of piperidine rings is 1. The van der Waals surface area contributed by atoms with Gasteiger partial charge in [-0.05, 0) is 48.3 Å². The topological polar surface area (TPSA) is 169 Å². The molecule has 3 aliphatic heterocycles. The van der Waals surface area contributed by atoms with Crippen LogP contribution in [-0.2, 0) is 28.7 Å². The predicted octanol–water partition coefficient (Wildman–Crippen LogP) is 0.428. The summed E-state index contributed by atoms with van der Waals surface area (Å²) in [7, 11) is 0. The largest absolute Gasteiger partial charge is 0.444 e. The molecule has 2 aliphatic carbocycles. The van der Waals surface area contributed by atoms with Crippen LogP contribution in [0.25, 0.3) is 0 Å². The van der Waals surface area contributed by atoms with Crippen molar-refractivity contribution >= 4 is 29.7 Å². The van der Waals surface area contributed by atoms with E-state index in [-0.39, 0.29) is 47.1 Å². The van der Waals surface area contributed by atoms with E-state index in [9.17, 15) is 24.0 Å². The number of carbonyl (C=O) groups is 5. The Morgan fingerprint density at radius 1 is 1.20 bits per heavy atom. The van der Waals surface area contributed by atoms with Crippen LogP contribution >= 0.6 is 0 Å². The molecule has 5 aliphatic rings. The molecule has 0 aromatic carbocycles. The molecule has 5 amide bonds. The maximum atomic E-state index is 14.0. The zero-order valence-corrected chi connectivity index (χ0v) is 24.1. The molecule has 0 bridgehead atoms. The van der Waals surface area contributed by atoms with Crippen LogP contribution in [0.15, 0.2) is 0 Å². The van der Waals surface area contributed by atoms with E-state index in [4.69, 9.17) is 15.2 Å². The Labute approximate surface area is 234 Å². The fourth-order valence-corrected chi connectivity index (χ4v) is 6.97. The number of rotatable bonds is 8. The SMILES string of the molecule is CC(C)(C)[C@H](NC(=O)OC1CCOC1)C(=O)N1C[C@H]2[C@@H]([C@H]1C(=O)N[C@@H](C[C@@H]1CC3(CC3)NC1=O)C(N)=O)C2(C)C. The van der Waals surface area contributed by atoms with Gasteiger partial charge in [0.05, 0.1) is 13.2 Å². The maximum absolute atomic E-state index is 14.0. The van der Waals surface area contributed by atoms with Crippen LogP contribution in [0, 0.1) is 28.6 Å².